The highest BCUT2D eigenvalue weighted by atomic mass is 19.3. The number of aromatic nitrogens is 1. The molecule has 1 amide bonds. The quantitative estimate of drug-likeness (QED) is 0.921. The molecule has 1 aromatic heterocycles. The van der Waals surface area contributed by atoms with Gasteiger partial charge in [-0.3, -0.25) is 9.78 Å². The summed E-state index contributed by atoms with van der Waals surface area (Å²) in [4.78, 5) is 15.7. The molecule has 0 saturated heterocycles. The summed E-state index contributed by atoms with van der Waals surface area (Å²) < 4.78 is 33.9. The highest BCUT2D eigenvalue weighted by molar-refractivity contribution is 6.04. The van der Waals surface area contributed by atoms with Crippen LogP contribution in [-0.4, -0.2) is 24.6 Å². The van der Waals surface area contributed by atoms with Gasteiger partial charge in [-0.1, -0.05) is 0 Å². The number of nitrogens with zero attached hydrogens (tertiary/aromatic N) is 1. The number of benzene rings is 1. The molecule has 0 saturated carbocycles. The fourth-order valence-corrected chi connectivity index (χ4v) is 1.65. The van der Waals surface area contributed by atoms with Gasteiger partial charge < -0.3 is 14.8 Å². The first kappa shape index (κ1) is 14.7. The van der Waals surface area contributed by atoms with Crippen LogP contribution in [0.1, 0.15) is 10.4 Å². The van der Waals surface area contributed by atoms with Gasteiger partial charge in [-0.05, 0) is 24.3 Å². The van der Waals surface area contributed by atoms with Crippen LogP contribution >= 0.6 is 0 Å². The Morgan fingerprint density at radius 1 is 1.19 bits per heavy atom. The number of methoxy groups -OCH3 is 1. The van der Waals surface area contributed by atoms with Crippen molar-refractivity contribution in [3.05, 3.63) is 48.3 Å². The Morgan fingerprint density at radius 3 is 2.52 bits per heavy atom. The summed E-state index contributed by atoms with van der Waals surface area (Å²) in [7, 11) is 1.34. The van der Waals surface area contributed by atoms with Crippen molar-refractivity contribution >= 4 is 11.6 Å². The lowest BCUT2D eigenvalue weighted by atomic mass is 10.2. The van der Waals surface area contributed by atoms with Crippen molar-refractivity contribution < 1.29 is 23.0 Å². The number of amides is 1. The SMILES string of the molecule is COc1ccc(NC(=O)c2ccncc2)cc1OC(F)F. The van der Waals surface area contributed by atoms with Gasteiger partial charge in [0.2, 0.25) is 0 Å². The van der Waals surface area contributed by atoms with E-state index in [0.717, 1.165) is 0 Å². The molecule has 1 aromatic carbocycles. The Balaban J connectivity index is 2.19. The molecule has 2 aromatic rings. The zero-order valence-electron chi connectivity index (χ0n) is 11.0. The normalized spacial score (nSPS) is 10.3. The summed E-state index contributed by atoms with van der Waals surface area (Å²) in [5, 5.41) is 2.58. The molecule has 0 radical (unpaired) electrons. The summed E-state index contributed by atoms with van der Waals surface area (Å²) in [5.41, 5.74) is 0.713. The molecule has 0 unspecified atom stereocenters. The van der Waals surface area contributed by atoms with E-state index < -0.39 is 6.61 Å². The van der Waals surface area contributed by atoms with Crippen molar-refractivity contribution in [1.29, 1.82) is 0 Å². The second kappa shape index (κ2) is 6.65. The average molecular weight is 294 g/mol. The molecule has 5 nitrogen and oxygen atoms in total. The van der Waals surface area contributed by atoms with Crippen LogP contribution in [0.5, 0.6) is 11.5 Å². The van der Waals surface area contributed by atoms with E-state index in [9.17, 15) is 13.6 Å². The monoisotopic (exact) mass is 294 g/mol. The minimum atomic E-state index is -2.98. The summed E-state index contributed by atoms with van der Waals surface area (Å²) in [5.74, 6) is -0.386. The fourth-order valence-electron chi connectivity index (χ4n) is 1.65. The lowest BCUT2D eigenvalue weighted by molar-refractivity contribution is -0.0511. The van der Waals surface area contributed by atoms with Crippen molar-refractivity contribution in [2.45, 2.75) is 6.61 Å². The van der Waals surface area contributed by atoms with E-state index in [1.165, 1.54) is 49.8 Å². The second-order valence-corrected chi connectivity index (χ2v) is 3.93. The van der Waals surface area contributed by atoms with Gasteiger partial charge in [0, 0.05) is 29.7 Å². The Labute approximate surface area is 119 Å². The molecule has 21 heavy (non-hydrogen) atoms. The Kier molecular flexibility index (Phi) is 4.65. The van der Waals surface area contributed by atoms with E-state index >= 15 is 0 Å². The minimum absolute atomic E-state index is 0.150. The first-order chi connectivity index (χ1) is 10.1. The second-order valence-electron chi connectivity index (χ2n) is 3.93. The molecule has 0 atom stereocenters. The summed E-state index contributed by atoms with van der Waals surface area (Å²) >= 11 is 0. The van der Waals surface area contributed by atoms with Crippen molar-refractivity contribution in [3.8, 4) is 11.5 Å². The lowest BCUT2D eigenvalue weighted by Gasteiger charge is -2.12. The van der Waals surface area contributed by atoms with E-state index in [1.54, 1.807) is 0 Å². The first-order valence-corrected chi connectivity index (χ1v) is 5.94. The Morgan fingerprint density at radius 2 is 1.90 bits per heavy atom. The van der Waals surface area contributed by atoms with Gasteiger partial charge in [0.15, 0.2) is 11.5 Å². The molecule has 0 aliphatic carbocycles. The van der Waals surface area contributed by atoms with Crippen LogP contribution in [0.2, 0.25) is 0 Å². The zero-order valence-corrected chi connectivity index (χ0v) is 11.0. The summed E-state index contributed by atoms with van der Waals surface area (Å²) in [6.45, 7) is -2.98. The molecule has 0 bridgehead atoms. The van der Waals surface area contributed by atoms with Gasteiger partial charge in [-0.25, -0.2) is 0 Å². The smallest absolute Gasteiger partial charge is 0.387 e. The predicted molar refractivity (Wildman–Crippen MR) is 71.8 cm³/mol. The van der Waals surface area contributed by atoms with Crippen molar-refractivity contribution in [1.82, 2.24) is 4.98 Å². The van der Waals surface area contributed by atoms with E-state index in [2.05, 4.69) is 15.0 Å². The topological polar surface area (TPSA) is 60.5 Å². The number of rotatable bonds is 5. The van der Waals surface area contributed by atoms with Gasteiger partial charge in [-0.2, -0.15) is 8.78 Å². The number of ether oxygens (including phenoxy) is 2. The van der Waals surface area contributed by atoms with Crippen molar-refractivity contribution in [3.63, 3.8) is 0 Å². The van der Waals surface area contributed by atoms with Crippen LogP contribution < -0.4 is 14.8 Å². The van der Waals surface area contributed by atoms with Gasteiger partial charge in [-0.15, -0.1) is 0 Å². The molecule has 1 heterocycles. The molecule has 0 aliphatic rings. The highest BCUT2D eigenvalue weighted by Gasteiger charge is 2.13. The number of carbonyl (C=O) groups excluding carboxylic acids is 1. The molecule has 7 heteroatoms. The number of nitrogens with one attached hydrogen (secondary N) is 1. The third kappa shape index (κ3) is 3.88. The average Bonchev–Trinajstić information content (AvgIpc) is 2.48. The Bertz CT molecular complexity index is 621. The molecule has 110 valence electrons. The van der Waals surface area contributed by atoms with E-state index in [1.807, 2.05) is 0 Å². The van der Waals surface area contributed by atoms with Gasteiger partial charge in [0.1, 0.15) is 0 Å². The number of alkyl halides is 2. The zero-order chi connectivity index (χ0) is 15.2. The highest BCUT2D eigenvalue weighted by Crippen LogP contribution is 2.31. The van der Waals surface area contributed by atoms with Gasteiger partial charge >= 0.3 is 6.61 Å². The maximum absolute atomic E-state index is 12.3. The number of hydrogen-bond acceptors (Lipinski definition) is 4. The molecule has 0 spiro atoms. The lowest BCUT2D eigenvalue weighted by Crippen LogP contribution is -2.12. The van der Waals surface area contributed by atoms with E-state index in [0.29, 0.717) is 11.3 Å². The van der Waals surface area contributed by atoms with Gasteiger partial charge in [0.25, 0.3) is 5.91 Å². The van der Waals surface area contributed by atoms with Gasteiger partial charge in [0.05, 0.1) is 7.11 Å². The number of pyridine rings is 1. The standard InChI is InChI=1S/C14H12F2N2O3/c1-20-11-3-2-10(8-12(11)21-14(15)16)18-13(19)9-4-6-17-7-5-9/h2-8,14H,1H3,(H,18,19). The molecular weight excluding hydrogens is 282 g/mol. The third-order valence-corrected chi connectivity index (χ3v) is 2.58. The number of halogens is 2. The number of anilines is 1. The fraction of sp³-hybridized carbons (Fsp3) is 0.143. The van der Waals surface area contributed by atoms with E-state index in [-0.39, 0.29) is 17.4 Å². The molecule has 2 rings (SSSR count). The van der Waals surface area contributed by atoms with Crippen LogP contribution in [0.15, 0.2) is 42.7 Å². The Hall–Kier alpha value is -2.70. The van der Waals surface area contributed by atoms with Crippen molar-refractivity contribution in [2.75, 3.05) is 12.4 Å². The minimum Gasteiger partial charge on any atom is -0.493 e. The van der Waals surface area contributed by atoms with Crippen LogP contribution in [0.25, 0.3) is 0 Å². The summed E-state index contributed by atoms with van der Waals surface area (Å²) in [6, 6.07) is 7.30. The third-order valence-electron chi connectivity index (χ3n) is 2.58. The molecule has 0 fully saturated rings. The largest absolute Gasteiger partial charge is 0.493 e. The molecule has 1 N–H and O–H groups in total. The molecule has 0 aliphatic heterocycles. The number of carbonyl (C=O) groups is 1. The van der Waals surface area contributed by atoms with Crippen LogP contribution in [0.4, 0.5) is 14.5 Å². The predicted octanol–water partition coefficient (Wildman–Crippen LogP) is 2.94. The van der Waals surface area contributed by atoms with Crippen LogP contribution in [-0.2, 0) is 0 Å². The maximum atomic E-state index is 12.3. The molecular formula is C14H12F2N2O3. The maximum Gasteiger partial charge on any atom is 0.387 e. The number of hydrogen-bond donors (Lipinski definition) is 1. The van der Waals surface area contributed by atoms with Crippen molar-refractivity contribution in [2.24, 2.45) is 0 Å². The summed E-state index contributed by atoms with van der Waals surface area (Å²) in [6.07, 6.45) is 2.96. The van der Waals surface area contributed by atoms with Crippen LogP contribution in [0.3, 0.4) is 0 Å². The van der Waals surface area contributed by atoms with E-state index in [4.69, 9.17) is 4.74 Å². The van der Waals surface area contributed by atoms with Crippen LogP contribution in [0, 0.1) is 0 Å². The first-order valence-electron chi connectivity index (χ1n) is 5.94.